The fourth-order valence-corrected chi connectivity index (χ4v) is 3.53. The smallest absolute Gasteiger partial charge is 0.224 e. The standard InChI is InChI=1S/C22H23FN4O/c23-18-10-8-16(9-11-18)22-17(13-21(28)25-19-5-4-12-24-14-19)15-27(26-22)20-6-2-1-3-7-20/h1-3,6-11,15,19,24H,4-5,12-14H2,(H,25,28)/t19-/m0/s1. The second kappa shape index (κ2) is 8.35. The van der Waals surface area contributed by atoms with Gasteiger partial charge in [0.05, 0.1) is 17.8 Å². The number of carbonyl (C=O) groups is 1. The first kappa shape index (κ1) is 18.4. The number of rotatable bonds is 5. The van der Waals surface area contributed by atoms with Crippen molar-refractivity contribution in [3.8, 4) is 16.9 Å². The molecule has 3 aromatic rings. The van der Waals surface area contributed by atoms with Gasteiger partial charge < -0.3 is 10.6 Å². The average Bonchev–Trinajstić information content (AvgIpc) is 3.13. The summed E-state index contributed by atoms with van der Waals surface area (Å²) in [5, 5.41) is 11.1. The van der Waals surface area contributed by atoms with Crippen molar-refractivity contribution in [3.63, 3.8) is 0 Å². The zero-order valence-corrected chi connectivity index (χ0v) is 15.6. The van der Waals surface area contributed by atoms with Crippen LogP contribution in [0.25, 0.3) is 16.9 Å². The van der Waals surface area contributed by atoms with Gasteiger partial charge in [-0.15, -0.1) is 0 Å². The van der Waals surface area contributed by atoms with Crippen molar-refractivity contribution >= 4 is 5.91 Å². The lowest BCUT2D eigenvalue weighted by molar-refractivity contribution is -0.121. The molecule has 28 heavy (non-hydrogen) atoms. The molecule has 1 aromatic heterocycles. The van der Waals surface area contributed by atoms with E-state index in [4.69, 9.17) is 0 Å². The van der Waals surface area contributed by atoms with E-state index in [-0.39, 0.29) is 24.2 Å². The fourth-order valence-electron chi connectivity index (χ4n) is 3.53. The number of aromatic nitrogens is 2. The summed E-state index contributed by atoms with van der Waals surface area (Å²) >= 11 is 0. The quantitative estimate of drug-likeness (QED) is 0.717. The minimum atomic E-state index is -0.296. The number of nitrogens with zero attached hydrogens (tertiary/aromatic N) is 2. The van der Waals surface area contributed by atoms with E-state index < -0.39 is 0 Å². The van der Waals surface area contributed by atoms with Gasteiger partial charge >= 0.3 is 0 Å². The number of benzene rings is 2. The van der Waals surface area contributed by atoms with Crippen LogP contribution in [0.15, 0.2) is 60.8 Å². The van der Waals surface area contributed by atoms with Crippen molar-refractivity contribution < 1.29 is 9.18 Å². The van der Waals surface area contributed by atoms with E-state index in [0.29, 0.717) is 5.69 Å². The van der Waals surface area contributed by atoms with Crippen molar-refractivity contribution in [2.45, 2.75) is 25.3 Å². The number of para-hydroxylation sites is 1. The summed E-state index contributed by atoms with van der Waals surface area (Å²) in [6, 6.07) is 16.1. The number of halogens is 1. The van der Waals surface area contributed by atoms with Crippen molar-refractivity contribution in [1.82, 2.24) is 20.4 Å². The van der Waals surface area contributed by atoms with Gasteiger partial charge in [0.2, 0.25) is 5.91 Å². The lowest BCUT2D eigenvalue weighted by Crippen LogP contribution is -2.46. The van der Waals surface area contributed by atoms with Gasteiger partial charge in [-0.2, -0.15) is 5.10 Å². The second-order valence-corrected chi connectivity index (χ2v) is 7.08. The van der Waals surface area contributed by atoms with E-state index in [1.807, 2.05) is 36.5 Å². The topological polar surface area (TPSA) is 59.0 Å². The molecule has 1 aliphatic heterocycles. The predicted molar refractivity (Wildman–Crippen MR) is 107 cm³/mol. The van der Waals surface area contributed by atoms with Crippen molar-refractivity contribution in [2.75, 3.05) is 13.1 Å². The molecular formula is C22H23FN4O. The third-order valence-electron chi connectivity index (χ3n) is 4.94. The SMILES string of the molecule is O=C(Cc1cn(-c2ccccc2)nc1-c1ccc(F)cc1)N[C@H]1CCCNC1. The Hall–Kier alpha value is -2.99. The predicted octanol–water partition coefficient (Wildman–Crippen LogP) is 3.09. The monoisotopic (exact) mass is 378 g/mol. The van der Waals surface area contributed by atoms with Crippen molar-refractivity contribution in [1.29, 1.82) is 0 Å². The Balaban J connectivity index is 1.61. The molecule has 0 saturated carbocycles. The van der Waals surface area contributed by atoms with Gasteiger partial charge in [-0.05, 0) is 55.8 Å². The number of carbonyl (C=O) groups excluding carboxylic acids is 1. The molecule has 2 aromatic carbocycles. The van der Waals surface area contributed by atoms with Gasteiger partial charge in [0.15, 0.2) is 0 Å². The van der Waals surface area contributed by atoms with E-state index in [0.717, 1.165) is 42.7 Å². The largest absolute Gasteiger partial charge is 0.352 e. The highest BCUT2D eigenvalue weighted by molar-refractivity contribution is 5.81. The Labute approximate surface area is 163 Å². The van der Waals surface area contributed by atoms with E-state index in [1.165, 1.54) is 12.1 Å². The van der Waals surface area contributed by atoms with Gasteiger partial charge in [0.1, 0.15) is 5.82 Å². The first-order chi connectivity index (χ1) is 13.7. The summed E-state index contributed by atoms with van der Waals surface area (Å²) in [6.07, 6.45) is 4.17. The molecule has 1 atom stereocenters. The summed E-state index contributed by atoms with van der Waals surface area (Å²) < 4.78 is 15.1. The Morgan fingerprint density at radius 3 is 2.68 bits per heavy atom. The molecular weight excluding hydrogens is 355 g/mol. The molecule has 0 radical (unpaired) electrons. The van der Waals surface area contributed by atoms with Crippen LogP contribution in [0.5, 0.6) is 0 Å². The molecule has 1 fully saturated rings. The number of piperidine rings is 1. The maximum Gasteiger partial charge on any atom is 0.224 e. The Kier molecular flexibility index (Phi) is 5.48. The zero-order chi connectivity index (χ0) is 19.3. The maximum atomic E-state index is 13.3. The third kappa shape index (κ3) is 4.28. The number of hydrogen-bond acceptors (Lipinski definition) is 3. The summed E-state index contributed by atoms with van der Waals surface area (Å²) in [4.78, 5) is 12.6. The molecule has 5 nitrogen and oxygen atoms in total. The van der Waals surface area contributed by atoms with Crippen LogP contribution < -0.4 is 10.6 Å². The Morgan fingerprint density at radius 1 is 1.18 bits per heavy atom. The Bertz CT molecular complexity index is 931. The van der Waals surface area contributed by atoms with E-state index in [9.17, 15) is 9.18 Å². The van der Waals surface area contributed by atoms with Crippen LogP contribution in [0, 0.1) is 5.82 Å². The van der Waals surface area contributed by atoms with Crippen LogP contribution in [0.2, 0.25) is 0 Å². The van der Waals surface area contributed by atoms with Gasteiger partial charge in [0.25, 0.3) is 0 Å². The summed E-state index contributed by atoms with van der Waals surface area (Å²) in [6.45, 7) is 1.81. The second-order valence-electron chi connectivity index (χ2n) is 7.08. The molecule has 4 rings (SSSR count). The Morgan fingerprint density at radius 2 is 1.96 bits per heavy atom. The van der Waals surface area contributed by atoms with Gasteiger partial charge in [-0.3, -0.25) is 4.79 Å². The molecule has 0 unspecified atom stereocenters. The summed E-state index contributed by atoms with van der Waals surface area (Å²) in [5.74, 6) is -0.319. The molecule has 0 spiro atoms. The molecule has 1 amide bonds. The van der Waals surface area contributed by atoms with Gasteiger partial charge in [0, 0.05) is 29.9 Å². The first-order valence-corrected chi connectivity index (χ1v) is 9.59. The molecule has 1 saturated heterocycles. The lowest BCUT2D eigenvalue weighted by atomic mass is 10.0. The summed E-state index contributed by atoms with van der Waals surface area (Å²) in [5.41, 5.74) is 3.21. The van der Waals surface area contributed by atoms with Crippen LogP contribution >= 0.6 is 0 Å². The van der Waals surface area contributed by atoms with Crippen LogP contribution in [0.4, 0.5) is 4.39 Å². The van der Waals surface area contributed by atoms with Crippen LogP contribution in [-0.2, 0) is 11.2 Å². The lowest BCUT2D eigenvalue weighted by Gasteiger charge is -2.23. The van der Waals surface area contributed by atoms with E-state index >= 15 is 0 Å². The minimum Gasteiger partial charge on any atom is -0.352 e. The molecule has 2 heterocycles. The zero-order valence-electron chi connectivity index (χ0n) is 15.6. The highest BCUT2D eigenvalue weighted by atomic mass is 19.1. The average molecular weight is 378 g/mol. The van der Waals surface area contributed by atoms with Crippen LogP contribution in [0.3, 0.4) is 0 Å². The van der Waals surface area contributed by atoms with Crippen molar-refractivity contribution in [3.05, 3.63) is 72.2 Å². The van der Waals surface area contributed by atoms with Crippen LogP contribution in [-0.4, -0.2) is 34.8 Å². The molecule has 144 valence electrons. The number of hydrogen-bond donors (Lipinski definition) is 2. The molecule has 0 bridgehead atoms. The molecule has 1 aliphatic rings. The van der Waals surface area contributed by atoms with Crippen LogP contribution in [0.1, 0.15) is 18.4 Å². The highest BCUT2D eigenvalue weighted by Crippen LogP contribution is 2.24. The number of nitrogens with one attached hydrogen (secondary N) is 2. The molecule has 0 aliphatic carbocycles. The number of amides is 1. The third-order valence-corrected chi connectivity index (χ3v) is 4.94. The summed E-state index contributed by atoms with van der Waals surface area (Å²) in [7, 11) is 0. The minimum absolute atomic E-state index is 0.0235. The maximum absolute atomic E-state index is 13.3. The van der Waals surface area contributed by atoms with E-state index in [1.54, 1.807) is 16.8 Å². The van der Waals surface area contributed by atoms with Gasteiger partial charge in [-0.1, -0.05) is 18.2 Å². The normalized spacial score (nSPS) is 16.7. The highest BCUT2D eigenvalue weighted by Gasteiger charge is 2.19. The molecule has 6 heteroatoms. The van der Waals surface area contributed by atoms with E-state index in [2.05, 4.69) is 15.7 Å². The van der Waals surface area contributed by atoms with Crippen molar-refractivity contribution in [2.24, 2.45) is 0 Å². The van der Waals surface area contributed by atoms with Gasteiger partial charge in [-0.25, -0.2) is 9.07 Å². The molecule has 2 N–H and O–H groups in total. The fraction of sp³-hybridized carbons (Fsp3) is 0.273. The first-order valence-electron chi connectivity index (χ1n) is 9.59.